The van der Waals surface area contributed by atoms with Crippen LogP contribution in [0, 0.1) is 0 Å². The molecule has 1 N–H and O–H groups in total. The van der Waals surface area contributed by atoms with Crippen molar-refractivity contribution in [3.63, 3.8) is 0 Å². The molecule has 1 aliphatic heterocycles. The number of sulfonamides is 1. The molecule has 0 spiro atoms. The number of amides is 1. The lowest BCUT2D eigenvalue weighted by Crippen LogP contribution is -2.56. The minimum absolute atomic E-state index is 0.0495. The quantitative estimate of drug-likeness (QED) is 0.783. The highest BCUT2D eigenvalue weighted by molar-refractivity contribution is 7.92. The normalized spacial score (nSPS) is 16.2. The molecule has 26 heavy (non-hydrogen) atoms. The van der Waals surface area contributed by atoms with Crippen molar-refractivity contribution in [3.05, 3.63) is 48.4 Å². The Bertz CT molecular complexity index is 990. The molecular formula is C16H18N2O6S2. The molecule has 0 unspecified atom stereocenters. The zero-order valence-electron chi connectivity index (χ0n) is 14.0. The molecule has 3 rings (SSSR count). The van der Waals surface area contributed by atoms with Gasteiger partial charge in [-0.3, -0.25) is 4.79 Å². The van der Waals surface area contributed by atoms with E-state index in [-0.39, 0.29) is 29.6 Å². The molecule has 1 aromatic heterocycles. The Balaban J connectivity index is 1.66. The lowest BCUT2D eigenvalue weighted by Gasteiger charge is -2.37. The molecule has 2 aromatic rings. The molecule has 10 heteroatoms. The van der Waals surface area contributed by atoms with Crippen LogP contribution in [0.25, 0.3) is 0 Å². The number of carbonyl (C=O) groups is 1. The molecule has 0 aliphatic carbocycles. The molecule has 1 saturated heterocycles. The van der Waals surface area contributed by atoms with Gasteiger partial charge < -0.3 is 9.73 Å². The fourth-order valence-corrected chi connectivity index (χ4v) is 5.93. The topological polar surface area (TPSA) is 114 Å². The minimum atomic E-state index is -3.77. The maximum Gasteiger partial charge on any atom is 0.243 e. The first-order valence-electron chi connectivity index (χ1n) is 7.80. The first-order chi connectivity index (χ1) is 12.2. The molecule has 0 saturated carbocycles. The fraction of sp³-hybridized carbons (Fsp3) is 0.312. The fourth-order valence-electron chi connectivity index (χ4n) is 2.60. The molecule has 140 valence electrons. The van der Waals surface area contributed by atoms with Crippen molar-refractivity contribution in [2.75, 3.05) is 18.4 Å². The van der Waals surface area contributed by atoms with Crippen molar-refractivity contribution in [2.45, 2.75) is 22.8 Å². The van der Waals surface area contributed by atoms with Crippen molar-refractivity contribution in [1.29, 1.82) is 0 Å². The van der Waals surface area contributed by atoms with Crippen molar-refractivity contribution in [1.82, 2.24) is 4.31 Å². The van der Waals surface area contributed by atoms with Gasteiger partial charge in [0, 0.05) is 25.7 Å². The number of furan rings is 1. The van der Waals surface area contributed by atoms with Gasteiger partial charge in [-0.1, -0.05) is 0 Å². The highest BCUT2D eigenvalue weighted by Gasteiger charge is 2.43. The van der Waals surface area contributed by atoms with Gasteiger partial charge in [0.1, 0.15) is 11.5 Å². The number of sulfone groups is 1. The number of nitrogens with zero attached hydrogens (tertiary/aromatic N) is 1. The molecule has 1 aliphatic rings. The second kappa shape index (κ2) is 6.86. The summed E-state index contributed by atoms with van der Waals surface area (Å²) in [5.41, 5.74) is 0.485. The molecule has 1 amide bonds. The van der Waals surface area contributed by atoms with E-state index in [4.69, 9.17) is 4.42 Å². The summed E-state index contributed by atoms with van der Waals surface area (Å²) in [7, 11) is -7.26. The van der Waals surface area contributed by atoms with Gasteiger partial charge in [-0.05, 0) is 36.4 Å². The van der Waals surface area contributed by atoms with E-state index in [1.807, 2.05) is 0 Å². The van der Waals surface area contributed by atoms with Crippen LogP contribution in [0.3, 0.4) is 0 Å². The summed E-state index contributed by atoms with van der Waals surface area (Å²) in [5.74, 6) is -0.169. The maximum absolute atomic E-state index is 12.6. The van der Waals surface area contributed by atoms with E-state index < -0.39 is 25.1 Å². The number of carbonyl (C=O) groups excluding carboxylic acids is 1. The summed E-state index contributed by atoms with van der Waals surface area (Å²) in [4.78, 5) is 11.1. The average Bonchev–Trinajstić information content (AvgIpc) is 2.97. The Morgan fingerprint density at radius 2 is 1.81 bits per heavy atom. The smallest absolute Gasteiger partial charge is 0.243 e. The van der Waals surface area contributed by atoms with Crippen molar-refractivity contribution < 1.29 is 26.0 Å². The van der Waals surface area contributed by atoms with Gasteiger partial charge in [-0.2, -0.15) is 4.31 Å². The van der Waals surface area contributed by atoms with E-state index in [2.05, 4.69) is 5.32 Å². The Hall–Kier alpha value is -2.17. The average molecular weight is 398 g/mol. The van der Waals surface area contributed by atoms with E-state index in [0.717, 1.165) is 4.31 Å². The molecule has 1 fully saturated rings. The zero-order chi connectivity index (χ0) is 18.9. The van der Waals surface area contributed by atoms with Crippen molar-refractivity contribution in [3.8, 4) is 0 Å². The summed E-state index contributed by atoms with van der Waals surface area (Å²) in [6.45, 7) is 1.19. The third-order valence-electron chi connectivity index (χ3n) is 4.06. The SMILES string of the molecule is CC(=O)Nc1ccc(S(=O)(=O)N2CC(S(=O)(=O)Cc3ccco3)C2)cc1. The number of hydrogen-bond donors (Lipinski definition) is 1. The van der Waals surface area contributed by atoms with Crippen LogP contribution >= 0.6 is 0 Å². The zero-order valence-corrected chi connectivity index (χ0v) is 15.6. The van der Waals surface area contributed by atoms with E-state index in [9.17, 15) is 21.6 Å². The van der Waals surface area contributed by atoms with Gasteiger partial charge in [0.15, 0.2) is 9.84 Å². The summed E-state index contributed by atoms with van der Waals surface area (Å²) < 4.78 is 55.9. The van der Waals surface area contributed by atoms with Gasteiger partial charge >= 0.3 is 0 Å². The van der Waals surface area contributed by atoms with Gasteiger partial charge in [0.25, 0.3) is 0 Å². The first kappa shape index (κ1) is 18.6. The van der Waals surface area contributed by atoms with Gasteiger partial charge in [0.2, 0.25) is 15.9 Å². The number of hydrogen-bond acceptors (Lipinski definition) is 6. The number of anilines is 1. The van der Waals surface area contributed by atoms with Crippen LogP contribution in [-0.4, -0.2) is 45.4 Å². The first-order valence-corrected chi connectivity index (χ1v) is 11.0. The highest BCUT2D eigenvalue weighted by Crippen LogP contribution is 2.27. The molecule has 2 heterocycles. The van der Waals surface area contributed by atoms with E-state index in [1.165, 1.54) is 37.5 Å². The predicted molar refractivity (Wildman–Crippen MR) is 94.6 cm³/mol. The van der Waals surface area contributed by atoms with E-state index in [1.54, 1.807) is 12.1 Å². The third kappa shape index (κ3) is 3.81. The molecule has 0 atom stereocenters. The maximum atomic E-state index is 12.6. The summed E-state index contributed by atoms with van der Waals surface area (Å²) in [6.07, 6.45) is 1.40. The molecule has 8 nitrogen and oxygen atoms in total. The van der Waals surface area contributed by atoms with E-state index >= 15 is 0 Å². The Kier molecular flexibility index (Phi) is 4.91. The number of benzene rings is 1. The van der Waals surface area contributed by atoms with Gasteiger partial charge in [-0.15, -0.1) is 0 Å². The third-order valence-corrected chi connectivity index (χ3v) is 7.91. The van der Waals surface area contributed by atoms with Crippen LogP contribution < -0.4 is 5.32 Å². The standard InChI is InChI=1S/C16H18N2O6S2/c1-12(19)17-13-4-6-15(7-5-13)26(22,23)18-9-16(10-18)25(20,21)11-14-3-2-8-24-14/h2-8,16H,9-11H2,1H3,(H,17,19). The molecule has 0 radical (unpaired) electrons. The van der Waals surface area contributed by atoms with Crippen molar-refractivity contribution in [2.24, 2.45) is 0 Å². The lowest BCUT2D eigenvalue weighted by atomic mass is 10.3. The Morgan fingerprint density at radius 3 is 2.35 bits per heavy atom. The highest BCUT2D eigenvalue weighted by atomic mass is 32.2. The van der Waals surface area contributed by atoms with Crippen LogP contribution in [0.15, 0.2) is 52.0 Å². The largest absolute Gasteiger partial charge is 0.468 e. The van der Waals surface area contributed by atoms with Crippen LogP contribution in [0.1, 0.15) is 12.7 Å². The number of rotatable bonds is 6. The van der Waals surface area contributed by atoms with Gasteiger partial charge in [-0.25, -0.2) is 16.8 Å². The van der Waals surface area contributed by atoms with Crippen molar-refractivity contribution >= 4 is 31.5 Å². The summed E-state index contributed by atoms with van der Waals surface area (Å²) >= 11 is 0. The monoisotopic (exact) mass is 398 g/mol. The molecule has 1 aromatic carbocycles. The Morgan fingerprint density at radius 1 is 1.15 bits per heavy atom. The van der Waals surface area contributed by atoms with Crippen LogP contribution in [0.5, 0.6) is 0 Å². The minimum Gasteiger partial charge on any atom is -0.468 e. The second-order valence-corrected chi connectivity index (χ2v) is 10.3. The lowest BCUT2D eigenvalue weighted by molar-refractivity contribution is -0.114. The van der Waals surface area contributed by atoms with Gasteiger partial charge in [0.05, 0.1) is 16.4 Å². The molecular weight excluding hydrogens is 380 g/mol. The van der Waals surface area contributed by atoms with Crippen LogP contribution in [0.2, 0.25) is 0 Å². The summed E-state index contributed by atoms with van der Waals surface area (Å²) in [6, 6.07) is 8.91. The van der Waals surface area contributed by atoms with E-state index in [0.29, 0.717) is 11.4 Å². The number of nitrogens with one attached hydrogen (secondary N) is 1. The predicted octanol–water partition coefficient (Wildman–Crippen LogP) is 1.23. The summed E-state index contributed by atoms with van der Waals surface area (Å²) in [5, 5.41) is 1.80. The molecule has 0 bridgehead atoms. The van der Waals surface area contributed by atoms with Crippen LogP contribution in [-0.2, 0) is 30.4 Å². The van der Waals surface area contributed by atoms with Crippen LogP contribution in [0.4, 0.5) is 5.69 Å². The second-order valence-electron chi connectivity index (χ2n) is 6.04. The Labute approximate surface area is 151 Å².